The maximum atomic E-state index is 12.0. The van der Waals surface area contributed by atoms with Gasteiger partial charge in [-0.05, 0) is 44.1 Å². The van der Waals surface area contributed by atoms with Gasteiger partial charge in [0.2, 0.25) is 0 Å². The van der Waals surface area contributed by atoms with Crippen molar-refractivity contribution in [2.75, 3.05) is 12.4 Å². The van der Waals surface area contributed by atoms with E-state index in [0.717, 1.165) is 38.5 Å². The summed E-state index contributed by atoms with van der Waals surface area (Å²) in [4.78, 5) is 0. The number of ether oxygens (including phenoxy) is 1. The molecule has 0 aromatic rings. The van der Waals surface area contributed by atoms with Crippen LogP contribution in [-0.2, 0) is 14.6 Å². The molecule has 1 aliphatic carbocycles. The highest BCUT2D eigenvalue weighted by molar-refractivity contribution is 7.92. The van der Waals surface area contributed by atoms with Gasteiger partial charge in [0.15, 0.2) is 9.84 Å². The number of allylic oxidation sites excluding steroid dienone is 1. The van der Waals surface area contributed by atoms with Crippen molar-refractivity contribution in [3.8, 4) is 0 Å². The van der Waals surface area contributed by atoms with Gasteiger partial charge >= 0.3 is 0 Å². The molecule has 1 aliphatic heterocycles. The van der Waals surface area contributed by atoms with Crippen LogP contribution in [0, 0.1) is 0 Å². The van der Waals surface area contributed by atoms with Gasteiger partial charge in [0.05, 0.1) is 17.3 Å². The highest BCUT2D eigenvalue weighted by atomic mass is 32.2. The van der Waals surface area contributed by atoms with Crippen LogP contribution in [0.5, 0.6) is 0 Å². The van der Waals surface area contributed by atoms with E-state index in [9.17, 15) is 8.42 Å². The van der Waals surface area contributed by atoms with Crippen molar-refractivity contribution in [1.82, 2.24) is 0 Å². The van der Waals surface area contributed by atoms with Crippen LogP contribution in [0.2, 0.25) is 0 Å². The molecular weight excluding hydrogens is 248 g/mol. The Morgan fingerprint density at radius 2 is 1.78 bits per heavy atom. The molecule has 4 heteroatoms. The monoisotopic (exact) mass is 272 g/mol. The third-order valence-corrected chi connectivity index (χ3v) is 6.24. The standard InChI is InChI=1S/C14H24O3S/c15-18(16)10-6-2-5-9-14(18)12-17-11-13-7-3-1-4-8-13/h11,14H,1-10,12H2. The van der Waals surface area contributed by atoms with Crippen molar-refractivity contribution in [3.05, 3.63) is 11.8 Å². The van der Waals surface area contributed by atoms with Crippen molar-refractivity contribution < 1.29 is 13.2 Å². The molecule has 0 bridgehead atoms. The molecule has 1 heterocycles. The lowest BCUT2D eigenvalue weighted by Gasteiger charge is -2.16. The van der Waals surface area contributed by atoms with Crippen LogP contribution in [0.25, 0.3) is 0 Å². The highest BCUT2D eigenvalue weighted by Crippen LogP contribution is 2.23. The predicted molar refractivity (Wildman–Crippen MR) is 73.2 cm³/mol. The summed E-state index contributed by atoms with van der Waals surface area (Å²) in [5.41, 5.74) is 1.35. The number of rotatable bonds is 3. The Morgan fingerprint density at radius 1 is 1.06 bits per heavy atom. The van der Waals surface area contributed by atoms with E-state index in [1.54, 1.807) is 0 Å². The van der Waals surface area contributed by atoms with Crippen LogP contribution < -0.4 is 0 Å². The Balaban J connectivity index is 1.84. The second-order valence-electron chi connectivity index (χ2n) is 5.51. The molecule has 1 saturated heterocycles. The van der Waals surface area contributed by atoms with Gasteiger partial charge < -0.3 is 4.74 Å². The minimum Gasteiger partial charge on any atom is -0.500 e. The first-order valence-electron chi connectivity index (χ1n) is 7.19. The Hall–Kier alpha value is -0.510. The number of hydrogen-bond acceptors (Lipinski definition) is 3. The van der Waals surface area contributed by atoms with Gasteiger partial charge in [0.25, 0.3) is 0 Å². The van der Waals surface area contributed by atoms with Gasteiger partial charge in [-0.1, -0.05) is 19.3 Å². The normalized spacial score (nSPS) is 28.4. The van der Waals surface area contributed by atoms with Crippen LogP contribution >= 0.6 is 0 Å². The summed E-state index contributed by atoms with van der Waals surface area (Å²) in [6.07, 6.45) is 11.5. The fourth-order valence-electron chi connectivity index (χ4n) is 2.78. The first kappa shape index (κ1) is 13.9. The molecule has 2 fully saturated rings. The molecule has 2 rings (SSSR count). The third-order valence-electron chi connectivity index (χ3n) is 3.99. The largest absolute Gasteiger partial charge is 0.500 e. The first-order valence-corrected chi connectivity index (χ1v) is 8.91. The smallest absolute Gasteiger partial charge is 0.156 e. The summed E-state index contributed by atoms with van der Waals surface area (Å²) < 4.78 is 29.5. The average molecular weight is 272 g/mol. The van der Waals surface area contributed by atoms with Crippen molar-refractivity contribution in [2.45, 2.75) is 63.0 Å². The molecule has 0 radical (unpaired) electrons. The zero-order valence-electron chi connectivity index (χ0n) is 11.1. The van der Waals surface area contributed by atoms with Crippen LogP contribution in [0.15, 0.2) is 11.8 Å². The van der Waals surface area contributed by atoms with Crippen molar-refractivity contribution in [1.29, 1.82) is 0 Å². The van der Waals surface area contributed by atoms with E-state index in [0.29, 0.717) is 12.4 Å². The van der Waals surface area contributed by atoms with E-state index in [1.807, 2.05) is 6.26 Å². The van der Waals surface area contributed by atoms with Crippen LogP contribution in [0.1, 0.15) is 57.8 Å². The van der Waals surface area contributed by atoms with Gasteiger partial charge in [-0.25, -0.2) is 8.42 Å². The molecule has 18 heavy (non-hydrogen) atoms. The Morgan fingerprint density at radius 3 is 2.56 bits per heavy atom. The van der Waals surface area contributed by atoms with Crippen molar-refractivity contribution in [3.63, 3.8) is 0 Å². The fourth-order valence-corrected chi connectivity index (χ4v) is 4.53. The van der Waals surface area contributed by atoms with Crippen LogP contribution in [0.3, 0.4) is 0 Å². The summed E-state index contributed by atoms with van der Waals surface area (Å²) in [5.74, 6) is 0.345. The van der Waals surface area contributed by atoms with Gasteiger partial charge in [-0.15, -0.1) is 0 Å². The molecule has 1 saturated carbocycles. The zero-order chi connectivity index (χ0) is 12.8. The Bertz CT molecular complexity index is 376. The van der Waals surface area contributed by atoms with E-state index in [4.69, 9.17) is 4.74 Å². The molecule has 0 N–H and O–H groups in total. The summed E-state index contributed by atoms with van der Waals surface area (Å²) >= 11 is 0. The van der Waals surface area contributed by atoms with Gasteiger partial charge in [-0.2, -0.15) is 0 Å². The molecule has 1 atom stereocenters. The van der Waals surface area contributed by atoms with Gasteiger partial charge in [0.1, 0.15) is 6.61 Å². The summed E-state index contributed by atoms with van der Waals surface area (Å²) in [5, 5.41) is -0.277. The quantitative estimate of drug-likeness (QED) is 0.741. The Labute approximate surface area is 111 Å². The SMILES string of the molecule is O=S1(=O)CCCCCC1COC=C1CCCCC1. The first-order chi connectivity index (χ1) is 8.68. The lowest BCUT2D eigenvalue weighted by atomic mass is 9.96. The summed E-state index contributed by atoms with van der Waals surface area (Å²) in [6.45, 7) is 0.353. The molecule has 0 aromatic carbocycles. The van der Waals surface area contributed by atoms with Gasteiger partial charge in [-0.3, -0.25) is 0 Å². The Kier molecular flexibility index (Phi) is 5.10. The molecule has 0 spiro atoms. The molecule has 3 nitrogen and oxygen atoms in total. The molecule has 2 aliphatic rings. The fraction of sp³-hybridized carbons (Fsp3) is 0.857. The van der Waals surface area contributed by atoms with Crippen molar-refractivity contribution in [2.24, 2.45) is 0 Å². The zero-order valence-corrected chi connectivity index (χ0v) is 11.9. The maximum Gasteiger partial charge on any atom is 0.156 e. The van der Waals surface area contributed by atoms with E-state index in [2.05, 4.69) is 0 Å². The second-order valence-corrected chi connectivity index (χ2v) is 7.91. The number of hydrogen-bond donors (Lipinski definition) is 0. The van der Waals surface area contributed by atoms with E-state index < -0.39 is 9.84 Å². The second kappa shape index (κ2) is 6.60. The predicted octanol–water partition coefficient (Wildman–Crippen LogP) is 3.21. The van der Waals surface area contributed by atoms with E-state index >= 15 is 0 Å². The summed E-state index contributed by atoms with van der Waals surface area (Å²) in [7, 11) is -2.92. The summed E-state index contributed by atoms with van der Waals surface area (Å²) in [6, 6.07) is 0. The van der Waals surface area contributed by atoms with Crippen LogP contribution in [-0.4, -0.2) is 26.0 Å². The maximum absolute atomic E-state index is 12.0. The van der Waals surface area contributed by atoms with Gasteiger partial charge in [0, 0.05) is 0 Å². The van der Waals surface area contributed by atoms with Crippen molar-refractivity contribution >= 4 is 9.84 Å². The topological polar surface area (TPSA) is 43.4 Å². The number of sulfone groups is 1. The minimum atomic E-state index is -2.92. The molecule has 0 amide bonds. The molecular formula is C14H24O3S. The molecule has 104 valence electrons. The third kappa shape index (κ3) is 4.01. The minimum absolute atomic E-state index is 0.277. The lowest BCUT2D eigenvalue weighted by Crippen LogP contribution is -2.26. The van der Waals surface area contributed by atoms with Crippen LogP contribution in [0.4, 0.5) is 0 Å². The highest BCUT2D eigenvalue weighted by Gasteiger charge is 2.27. The van der Waals surface area contributed by atoms with E-state index in [1.165, 1.54) is 24.8 Å². The molecule has 1 unspecified atom stereocenters. The lowest BCUT2D eigenvalue weighted by molar-refractivity contribution is 0.237. The average Bonchev–Trinajstić information content (AvgIpc) is 2.53. The molecule has 0 aromatic heterocycles. The van der Waals surface area contributed by atoms with E-state index in [-0.39, 0.29) is 5.25 Å².